The van der Waals surface area contributed by atoms with Crippen molar-refractivity contribution in [2.75, 3.05) is 0 Å². The summed E-state index contributed by atoms with van der Waals surface area (Å²) in [5.41, 5.74) is 0. The van der Waals surface area contributed by atoms with E-state index in [0.29, 0.717) is 6.04 Å². The summed E-state index contributed by atoms with van der Waals surface area (Å²) in [5.74, 6) is 1.73. The molecule has 1 amide bonds. The third kappa shape index (κ3) is 4.60. The molecule has 0 aromatic heterocycles. The first-order valence-electron chi connectivity index (χ1n) is 7.50. The molecule has 0 saturated heterocycles. The lowest BCUT2D eigenvalue weighted by Crippen LogP contribution is -2.50. The van der Waals surface area contributed by atoms with E-state index in [1.54, 1.807) is 0 Å². The fraction of sp³-hybridized carbons (Fsp3) is 0.933. The molecule has 1 aliphatic rings. The minimum absolute atomic E-state index is 0.0791. The highest BCUT2D eigenvalue weighted by molar-refractivity contribution is 5.81. The van der Waals surface area contributed by atoms with Gasteiger partial charge in [0.2, 0.25) is 5.91 Å². The van der Waals surface area contributed by atoms with Crippen LogP contribution in [-0.2, 0) is 4.79 Å². The lowest BCUT2D eigenvalue weighted by Gasteiger charge is -2.34. The lowest BCUT2D eigenvalue weighted by molar-refractivity contribution is -0.123. The Bertz CT molecular complexity index is 267. The van der Waals surface area contributed by atoms with Gasteiger partial charge in [-0.15, -0.1) is 0 Å². The number of hydrogen-bond donors (Lipinski definition) is 2. The second-order valence-electron chi connectivity index (χ2n) is 6.17. The standard InChI is InChI=1S/C15H30N2O/c1-6-12(4)16-15(18)13(5)17-14-8-7-10(2)11(3)9-14/h10-14,17H,6-9H2,1-5H3,(H,16,18). The Morgan fingerprint density at radius 2 is 1.89 bits per heavy atom. The third-order valence-electron chi connectivity index (χ3n) is 4.48. The van der Waals surface area contributed by atoms with Gasteiger partial charge in [-0.25, -0.2) is 0 Å². The van der Waals surface area contributed by atoms with E-state index < -0.39 is 0 Å². The molecule has 18 heavy (non-hydrogen) atoms. The molecule has 1 rings (SSSR count). The third-order valence-corrected chi connectivity index (χ3v) is 4.48. The van der Waals surface area contributed by atoms with Gasteiger partial charge in [0.25, 0.3) is 0 Å². The van der Waals surface area contributed by atoms with E-state index in [0.717, 1.165) is 18.3 Å². The van der Waals surface area contributed by atoms with Crippen molar-refractivity contribution in [2.24, 2.45) is 11.8 Å². The summed E-state index contributed by atoms with van der Waals surface area (Å²) in [7, 11) is 0. The monoisotopic (exact) mass is 254 g/mol. The molecule has 0 radical (unpaired) electrons. The molecular weight excluding hydrogens is 224 g/mol. The smallest absolute Gasteiger partial charge is 0.237 e. The predicted octanol–water partition coefficient (Wildman–Crippen LogP) is 2.70. The first-order chi connectivity index (χ1) is 8.43. The van der Waals surface area contributed by atoms with Crippen molar-refractivity contribution in [3.05, 3.63) is 0 Å². The summed E-state index contributed by atoms with van der Waals surface area (Å²) in [6, 6.07) is 0.700. The Morgan fingerprint density at radius 3 is 2.44 bits per heavy atom. The molecule has 1 aliphatic carbocycles. The fourth-order valence-corrected chi connectivity index (χ4v) is 2.60. The van der Waals surface area contributed by atoms with Crippen molar-refractivity contribution >= 4 is 5.91 Å². The minimum atomic E-state index is -0.0791. The van der Waals surface area contributed by atoms with Crippen LogP contribution in [0.1, 0.15) is 60.3 Å². The second kappa shape index (κ2) is 7.13. The van der Waals surface area contributed by atoms with Gasteiger partial charge in [0, 0.05) is 12.1 Å². The summed E-state index contributed by atoms with van der Waals surface area (Å²) >= 11 is 0. The molecular formula is C15H30N2O. The van der Waals surface area contributed by atoms with Crippen LogP contribution in [0, 0.1) is 11.8 Å². The number of carbonyl (C=O) groups is 1. The van der Waals surface area contributed by atoms with E-state index in [1.807, 2.05) is 6.92 Å². The summed E-state index contributed by atoms with van der Waals surface area (Å²) in [6.45, 7) is 10.8. The van der Waals surface area contributed by atoms with Crippen molar-refractivity contribution in [3.63, 3.8) is 0 Å². The largest absolute Gasteiger partial charge is 0.352 e. The van der Waals surface area contributed by atoms with E-state index in [-0.39, 0.29) is 18.0 Å². The van der Waals surface area contributed by atoms with Crippen LogP contribution in [0.5, 0.6) is 0 Å². The fourth-order valence-electron chi connectivity index (χ4n) is 2.60. The Labute approximate surface area is 112 Å². The second-order valence-corrected chi connectivity index (χ2v) is 6.17. The number of nitrogens with one attached hydrogen (secondary N) is 2. The first-order valence-corrected chi connectivity index (χ1v) is 7.50. The normalized spacial score (nSPS) is 31.7. The highest BCUT2D eigenvalue weighted by Crippen LogP contribution is 2.29. The topological polar surface area (TPSA) is 41.1 Å². The molecule has 0 aromatic carbocycles. The van der Waals surface area contributed by atoms with Crippen LogP contribution in [0.25, 0.3) is 0 Å². The van der Waals surface area contributed by atoms with E-state index in [4.69, 9.17) is 0 Å². The van der Waals surface area contributed by atoms with Gasteiger partial charge in [-0.1, -0.05) is 20.8 Å². The van der Waals surface area contributed by atoms with Crippen molar-refractivity contribution in [1.29, 1.82) is 0 Å². The maximum absolute atomic E-state index is 12.0. The number of hydrogen-bond acceptors (Lipinski definition) is 2. The van der Waals surface area contributed by atoms with Crippen molar-refractivity contribution in [3.8, 4) is 0 Å². The molecule has 3 nitrogen and oxygen atoms in total. The molecule has 1 saturated carbocycles. The van der Waals surface area contributed by atoms with Crippen LogP contribution in [0.3, 0.4) is 0 Å². The molecule has 5 atom stereocenters. The average molecular weight is 254 g/mol. The quantitative estimate of drug-likeness (QED) is 0.792. The van der Waals surface area contributed by atoms with E-state index in [9.17, 15) is 4.79 Å². The maximum Gasteiger partial charge on any atom is 0.237 e. The Hall–Kier alpha value is -0.570. The van der Waals surface area contributed by atoms with E-state index in [1.165, 1.54) is 19.3 Å². The summed E-state index contributed by atoms with van der Waals surface area (Å²) in [5, 5.41) is 6.52. The average Bonchev–Trinajstić information content (AvgIpc) is 2.33. The van der Waals surface area contributed by atoms with Crippen LogP contribution in [-0.4, -0.2) is 24.0 Å². The summed E-state index contributed by atoms with van der Waals surface area (Å²) < 4.78 is 0. The number of carbonyl (C=O) groups excluding carboxylic acids is 1. The lowest BCUT2D eigenvalue weighted by atomic mass is 9.79. The molecule has 0 bridgehead atoms. The maximum atomic E-state index is 12.0. The van der Waals surface area contributed by atoms with Crippen LogP contribution < -0.4 is 10.6 Å². The molecule has 0 spiro atoms. The summed E-state index contributed by atoms with van der Waals surface area (Å²) in [4.78, 5) is 12.0. The van der Waals surface area contributed by atoms with E-state index >= 15 is 0 Å². The number of amides is 1. The Balaban J connectivity index is 2.35. The SMILES string of the molecule is CCC(C)NC(=O)C(C)NC1CCC(C)C(C)C1. The van der Waals surface area contributed by atoms with Crippen LogP contribution in [0.15, 0.2) is 0 Å². The van der Waals surface area contributed by atoms with Crippen LogP contribution in [0.2, 0.25) is 0 Å². The van der Waals surface area contributed by atoms with Crippen LogP contribution in [0.4, 0.5) is 0 Å². The van der Waals surface area contributed by atoms with Gasteiger partial charge in [-0.3, -0.25) is 4.79 Å². The van der Waals surface area contributed by atoms with Gasteiger partial charge in [0.15, 0.2) is 0 Å². The molecule has 2 N–H and O–H groups in total. The molecule has 106 valence electrons. The van der Waals surface area contributed by atoms with Crippen molar-refractivity contribution in [2.45, 2.75) is 78.4 Å². The van der Waals surface area contributed by atoms with Gasteiger partial charge in [-0.05, 0) is 51.4 Å². The van der Waals surface area contributed by atoms with Crippen LogP contribution >= 0.6 is 0 Å². The van der Waals surface area contributed by atoms with Gasteiger partial charge < -0.3 is 10.6 Å². The van der Waals surface area contributed by atoms with Gasteiger partial charge in [-0.2, -0.15) is 0 Å². The first kappa shape index (κ1) is 15.5. The molecule has 0 heterocycles. The van der Waals surface area contributed by atoms with Gasteiger partial charge in [0.05, 0.1) is 6.04 Å². The van der Waals surface area contributed by atoms with Gasteiger partial charge in [0.1, 0.15) is 0 Å². The van der Waals surface area contributed by atoms with Crippen molar-refractivity contribution < 1.29 is 4.79 Å². The molecule has 3 heteroatoms. The zero-order valence-corrected chi connectivity index (χ0v) is 12.6. The molecule has 0 aromatic rings. The zero-order chi connectivity index (χ0) is 13.7. The predicted molar refractivity (Wildman–Crippen MR) is 76.5 cm³/mol. The highest BCUT2D eigenvalue weighted by Gasteiger charge is 2.26. The Morgan fingerprint density at radius 1 is 1.22 bits per heavy atom. The highest BCUT2D eigenvalue weighted by atomic mass is 16.2. The molecule has 5 unspecified atom stereocenters. The Kier molecular flexibility index (Phi) is 6.13. The molecule has 0 aliphatic heterocycles. The zero-order valence-electron chi connectivity index (χ0n) is 12.6. The van der Waals surface area contributed by atoms with Gasteiger partial charge >= 0.3 is 0 Å². The summed E-state index contributed by atoms with van der Waals surface area (Å²) in [6.07, 6.45) is 4.66. The van der Waals surface area contributed by atoms with Crippen molar-refractivity contribution in [1.82, 2.24) is 10.6 Å². The molecule has 1 fully saturated rings. The van der Waals surface area contributed by atoms with E-state index in [2.05, 4.69) is 38.3 Å². The minimum Gasteiger partial charge on any atom is -0.352 e. The number of rotatable bonds is 5.